The van der Waals surface area contributed by atoms with Crippen molar-refractivity contribution in [1.29, 1.82) is 0 Å². The van der Waals surface area contributed by atoms with Gasteiger partial charge in [0.2, 0.25) is 0 Å². The molecule has 0 fully saturated rings. The van der Waals surface area contributed by atoms with Crippen LogP contribution in [0.4, 0.5) is 0 Å². The van der Waals surface area contributed by atoms with Crippen LogP contribution in [0.5, 0.6) is 0 Å². The van der Waals surface area contributed by atoms with Gasteiger partial charge in [-0.2, -0.15) is 0 Å². The second-order valence-corrected chi connectivity index (χ2v) is 14.5. The van der Waals surface area contributed by atoms with Crippen LogP contribution in [0, 0.1) is 30.1 Å². The number of ether oxygens (including phenoxy) is 2. The lowest BCUT2D eigenvalue weighted by molar-refractivity contribution is -0.677. The first kappa shape index (κ1) is 31.3. The summed E-state index contributed by atoms with van der Waals surface area (Å²) in [5.41, 5.74) is -0.335. The minimum Gasteiger partial charge on any atom is -0.478 e. The van der Waals surface area contributed by atoms with E-state index in [4.69, 9.17) is 19.5 Å². The van der Waals surface area contributed by atoms with E-state index in [9.17, 15) is 0 Å². The largest absolute Gasteiger partial charge is 0.478 e. The second kappa shape index (κ2) is 12.3. The third-order valence-electron chi connectivity index (χ3n) is 9.42. The number of aliphatic imine (C=N–C) groups is 2. The first-order valence-corrected chi connectivity index (χ1v) is 15.7. The Balaban J connectivity index is 1.60. The minimum atomic E-state index is -0.424. The van der Waals surface area contributed by atoms with E-state index in [2.05, 4.69) is 113 Å². The van der Waals surface area contributed by atoms with E-state index in [1.165, 1.54) is 11.6 Å². The first-order valence-electron chi connectivity index (χ1n) is 15.7. The predicted molar refractivity (Wildman–Crippen MR) is 164 cm³/mol. The van der Waals surface area contributed by atoms with Gasteiger partial charge in [-0.1, -0.05) is 41.5 Å². The molecular weight excluding hydrogens is 512 g/mol. The Morgan fingerprint density at radius 3 is 1.39 bits per heavy atom. The standard InChI is InChI=1S/C33H56N6O2/c1-25-36(9)19-21-38(25)17-13-11-15-33(29-34-27(23-40-29)31(3,4)5,30-35-28(24-41-30)32(6,7)8)16-12-14-18-39-22-20-37(10)26(39)2/h19-22,27-28H,11-18,23-24H2,1-10H3/q+2/t27-,28-/m1/s1. The molecule has 2 aliphatic rings. The highest BCUT2D eigenvalue weighted by Crippen LogP contribution is 2.42. The zero-order chi connectivity index (χ0) is 30.0. The quantitative estimate of drug-likeness (QED) is 0.259. The topological polar surface area (TPSA) is 60.8 Å². The average Bonchev–Trinajstić information content (AvgIpc) is 3.69. The van der Waals surface area contributed by atoms with Gasteiger partial charge in [-0.3, -0.25) is 0 Å². The van der Waals surface area contributed by atoms with Crippen molar-refractivity contribution >= 4 is 11.8 Å². The number of aromatic nitrogens is 4. The average molecular weight is 569 g/mol. The van der Waals surface area contributed by atoms with Gasteiger partial charge in [0.1, 0.15) is 43.4 Å². The molecule has 0 N–H and O–H groups in total. The Labute approximate surface area is 248 Å². The molecule has 0 saturated heterocycles. The number of nitrogens with zero attached hydrogens (tertiary/aromatic N) is 6. The van der Waals surface area contributed by atoms with Gasteiger partial charge in [0.15, 0.2) is 11.8 Å². The van der Waals surface area contributed by atoms with E-state index in [0.717, 1.165) is 63.4 Å². The molecule has 41 heavy (non-hydrogen) atoms. The molecular formula is C33H56N6O2+2. The maximum atomic E-state index is 6.54. The van der Waals surface area contributed by atoms with Gasteiger partial charge in [0.05, 0.1) is 39.3 Å². The van der Waals surface area contributed by atoms with Crippen LogP contribution in [-0.4, -0.2) is 46.2 Å². The molecule has 0 radical (unpaired) electrons. The fourth-order valence-electron chi connectivity index (χ4n) is 5.89. The molecule has 2 aromatic heterocycles. The molecule has 0 bridgehead atoms. The molecule has 0 aromatic carbocycles. The highest BCUT2D eigenvalue weighted by Gasteiger charge is 2.50. The molecule has 228 valence electrons. The number of hydrogen-bond acceptors (Lipinski definition) is 4. The van der Waals surface area contributed by atoms with Crippen molar-refractivity contribution in [3.63, 3.8) is 0 Å². The molecule has 0 amide bonds. The van der Waals surface area contributed by atoms with E-state index < -0.39 is 5.41 Å². The highest BCUT2D eigenvalue weighted by atomic mass is 16.5. The zero-order valence-electron chi connectivity index (χ0n) is 27.5. The molecule has 0 spiro atoms. The van der Waals surface area contributed by atoms with Crippen LogP contribution in [0.1, 0.15) is 91.7 Å². The summed E-state index contributed by atoms with van der Waals surface area (Å²) in [5, 5.41) is 0. The van der Waals surface area contributed by atoms with Crippen molar-refractivity contribution in [2.24, 2.45) is 40.3 Å². The lowest BCUT2D eigenvalue weighted by Crippen LogP contribution is -2.40. The van der Waals surface area contributed by atoms with E-state index in [1.807, 2.05) is 0 Å². The van der Waals surface area contributed by atoms with Crippen molar-refractivity contribution in [3.8, 4) is 0 Å². The summed E-state index contributed by atoms with van der Waals surface area (Å²) in [6.45, 7) is 21.2. The molecule has 4 rings (SSSR count). The summed E-state index contributed by atoms with van der Waals surface area (Å²) < 4.78 is 22.1. The fourth-order valence-corrected chi connectivity index (χ4v) is 5.89. The molecule has 0 unspecified atom stereocenters. The summed E-state index contributed by atoms with van der Waals surface area (Å²) in [6.07, 6.45) is 14.8. The number of rotatable bonds is 12. The Bertz CT molecular complexity index is 1140. The van der Waals surface area contributed by atoms with E-state index in [0.29, 0.717) is 13.2 Å². The normalized spacial score (nSPS) is 19.8. The van der Waals surface area contributed by atoms with Crippen molar-refractivity contribution in [2.75, 3.05) is 13.2 Å². The van der Waals surface area contributed by atoms with Crippen LogP contribution < -0.4 is 9.13 Å². The molecule has 2 atom stereocenters. The number of unbranched alkanes of at least 4 members (excludes halogenated alkanes) is 2. The molecule has 2 aromatic rings. The van der Waals surface area contributed by atoms with Gasteiger partial charge in [-0.05, 0) is 49.4 Å². The highest BCUT2D eigenvalue weighted by molar-refractivity contribution is 6.06. The van der Waals surface area contributed by atoms with Crippen LogP contribution in [0.2, 0.25) is 0 Å². The van der Waals surface area contributed by atoms with Gasteiger partial charge >= 0.3 is 0 Å². The van der Waals surface area contributed by atoms with Gasteiger partial charge < -0.3 is 9.47 Å². The van der Waals surface area contributed by atoms with Gasteiger partial charge in [0, 0.05) is 13.8 Å². The minimum absolute atomic E-state index is 0.0444. The second-order valence-electron chi connectivity index (χ2n) is 14.5. The van der Waals surface area contributed by atoms with Gasteiger partial charge in [-0.15, -0.1) is 0 Å². The summed E-state index contributed by atoms with van der Waals surface area (Å²) in [5.74, 6) is 4.27. The van der Waals surface area contributed by atoms with E-state index in [-0.39, 0.29) is 22.9 Å². The van der Waals surface area contributed by atoms with Gasteiger partial charge in [0.25, 0.3) is 11.6 Å². The smallest absolute Gasteiger partial charge is 0.253 e. The Hall–Kier alpha value is -2.64. The maximum Gasteiger partial charge on any atom is 0.253 e. The van der Waals surface area contributed by atoms with Crippen LogP contribution in [0.3, 0.4) is 0 Å². The monoisotopic (exact) mass is 568 g/mol. The van der Waals surface area contributed by atoms with E-state index in [1.54, 1.807) is 0 Å². The summed E-state index contributed by atoms with van der Waals surface area (Å²) in [7, 11) is 4.21. The van der Waals surface area contributed by atoms with Crippen LogP contribution in [0.25, 0.3) is 0 Å². The summed E-state index contributed by atoms with van der Waals surface area (Å²) in [6, 6.07) is 0.282. The molecule has 8 nitrogen and oxygen atoms in total. The van der Waals surface area contributed by atoms with Crippen molar-refractivity contribution in [2.45, 2.75) is 119 Å². The Morgan fingerprint density at radius 2 is 1.10 bits per heavy atom. The third-order valence-corrected chi connectivity index (χ3v) is 9.42. The lowest BCUT2D eigenvalue weighted by atomic mass is 9.77. The van der Waals surface area contributed by atoms with Crippen LogP contribution >= 0.6 is 0 Å². The number of aryl methyl sites for hydroxylation is 4. The number of imidazole rings is 2. The third kappa shape index (κ3) is 7.06. The van der Waals surface area contributed by atoms with Crippen molar-refractivity contribution in [3.05, 3.63) is 36.4 Å². The SMILES string of the molecule is Cc1n(CCCCC(CCCCn2cc[n+](C)c2C)(C2=N[C@@H](C(C)(C)C)CO2)C2=N[C@@H](C(C)(C)C)CO2)cc[n+]1C. The Kier molecular flexibility index (Phi) is 9.39. The summed E-state index contributed by atoms with van der Waals surface area (Å²) in [4.78, 5) is 10.6. The van der Waals surface area contributed by atoms with E-state index >= 15 is 0 Å². The van der Waals surface area contributed by atoms with Gasteiger partial charge in [-0.25, -0.2) is 28.3 Å². The molecule has 2 aliphatic heterocycles. The molecule has 0 saturated carbocycles. The molecule has 0 aliphatic carbocycles. The Morgan fingerprint density at radius 1 is 0.707 bits per heavy atom. The van der Waals surface area contributed by atoms with Crippen LogP contribution in [-0.2, 0) is 36.7 Å². The van der Waals surface area contributed by atoms with Crippen molar-refractivity contribution < 1.29 is 18.6 Å². The van der Waals surface area contributed by atoms with Crippen LogP contribution in [0.15, 0.2) is 34.8 Å². The predicted octanol–water partition coefficient (Wildman–Crippen LogP) is 5.27. The number of hydrogen-bond donors (Lipinski definition) is 0. The fraction of sp³-hybridized carbons (Fsp3) is 0.758. The molecule has 8 heteroatoms. The van der Waals surface area contributed by atoms with Crippen molar-refractivity contribution in [1.82, 2.24) is 9.13 Å². The first-order chi connectivity index (χ1) is 19.2. The lowest BCUT2D eigenvalue weighted by Gasteiger charge is -2.32. The summed E-state index contributed by atoms with van der Waals surface area (Å²) >= 11 is 0. The maximum absolute atomic E-state index is 6.54. The molecule has 4 heterocycles. The zero-order valence-corrected chi connectivity index (χ0v) is 27.5.